The zero-order valence-electron chi connectivity index (χ0n) is 20.3. The molecule has 3 aromatic carbocycles. The average molecular weight is 486 g/mol. The molecule has 0 spiro atoms. The standard InChI is InChI=1S/C28H27N3O5/c1-3-29(4-2)15-8-16-30-24(19-10-7-11-20(17-19)31(34)35)23-25(32)22-14-13-18-9-5-6-12-21(18)26(22)36-27(23)28(30)33/h5-7,9-14,17,24H,3-4,8,15-16H2,1-2H3. The van der Waals surface area contributed by atoms with Gasteiger partial charge in [0.05, 0.1) is 21.9 Å². The van der Waals surface area contributed by atoms with Crippen LogP contribution in [0.4, 0.5) is 5.69 Å². The van der Waals surface area contributed by atoms with Gasteiger partial charge in [-0.2, -0.15) is 0 Å². The van der Waals surface area contributed by atoms with Gasteiger partial charge >= 0.3 is 0 Å². The van der Waals surface area contributed by atoms with Crippen LogP contribution in [0.3, 0.4) is 0 Å². The molecule has 4 aromatic rings. The highest BCUT2D eigenvalue weighted by Crippen LogP contribution is 2.40. The number of nitro groups is 1. The molecular formula is C28H27N3O5. The van der Waals surface area contributed by atoms with Crippen LogP contribution < -0.4 is 5.43 Å². The number of amides is 1. The molecule has 1 atom stereocenters. The fourth-order valence-corrected chi connectivity index (χ4v) is 5.14. The Balaban J connectivity index is 1.67. The zero-order valence-corrected chi connectivity index (χ0v) is 20.3. The molecule has 0 saturated heterocycles. The van der Waals surface area contributed by atoms with Crippen molar-refractivity contribution in [3.8, 4) is 0 Å². The minimum Gasteiger partial charge on any atom is -0.450 e. The highest BCUT2D eigenvalue weighted by Gasteiger charge is 2.43. The van der Waals surface area contributed by atoms with Crippen LogP contribution in [0.2, 0.25) is 0 Å². The average Bonchev–Trinajstić information content (AvgIpc) is 3.18. The fourth-order valence-electron chi connectivity index (χ4n) is 5.14. The largest absolute Gasteiger partial charge is 0.450 e. The number of carbonyl (C=O) groups excluding carboxylic acids is 1. The number of carbonyl (C=O) groups is 1. The molecule has 184 valence electrons. The van der Waals surface area contributed by atoms with E-state index in [4.69, 9.17) is 4.42 Å². The Hall–Kier alpha value is -4.04. The topological polar surface area (TPSA) is 96.9 Å². The second-order valence-electron chi connectivity index (χ2n) is 8.97. The molecule has 1 aliphatic rings. The zero-order chi connectivity index (χ0) is 25.4. The van der Waals surface area contributed by atoms with Gasteiger partial charge < -0.3 is 14.2 Å². The number of non-ortho nitro benzene ring substituents is 1. The van der Waals surface area contributed by atoms with Crippen molar-refractivity contribution < 1.29 is 14.1 Å². The molecule has 2 heterocycles. The van der Waals surface area contributed by atoms with Crippen LogP contribution in [0.1, 0.15) is 48.0 Å². The van der Waals surface area contributed by atoms with Gasteiger partial charge in [0, 0.05) is 24.1 Å². The van der Waals surface area contributed by atoms with E-state index >= 15 is 0 Å². The minimum absolute atomic E-state index is 0.0169. The van der Waals surface area contributed by atoms with E-state index < -0.39 is 11.0 Å². The molecule has 1 unspecified atom stereocenters. The van der Waals surface area contributed by atoms with Gasteiger partial charge in [-0.1, -0.05) is 56.3 Å². The normalized spacial score (nSPS) is 15.2. The maximum atomic E-state index is 13.9. The molecule has 5 rings (SSSR count). The summed E-state index contributed by atoms with van der Waals surface area (Å²) in [4.78, 5) is 42.4. The second kappa shape index (κ2) is 9.54. The highest BCUT2D eigenvalue weighted by atomic mass is 16.6. The van der Waals surface area contributed by atoms with Crippen molar-refractivity contribution in [1.29, 1.82) is 0 Å². The third-order valence-corrected chi connectivity index (χ3v) is 7.02. The van der Waals surface area contributed by atoms with Gasteiger partial charge in [-0.3, -0.25) is 19.7 Å². The van der Waals surface area contributed by atoms with E-state index in [0.717, 1.165) is 30.4 Å². The molecule has 0 radical (unpaired) electrons. The Morgan fingerprint density at radius 3 is 2.53 bits per heavy atom. The summed E-state index contributed by atoms with van der Waals surface area (Å²) in [6, 6.07) is 16.5. The Kier molecular flexibility index (Phi) is 6.28. The van der Waals surface area contributed by atoms with E-state index in [2.05, 4.69) is 18.7 Å². The lowest BCUT2D eigenvalue weighted by molar-refractivity contribution is -0.384. The smallest absolute Gasteiger partial charge is 0.290 e. The first kappa shape index (κ1) is 23.7. The lowest BCUT2D eigenvalue weighted by atomic mass is 9.97. The Labute approximate surface area is 207 Å². The number of nitrogens with zero attached hydrogens (tertiary/aromatic N) is 3. The van der Waals surface area contributed by atoms with Crippen LogP contribution in [0.5, 0.6) is 0 Å². The molecule has 0 bridgehead atoms. The molecule has 0 saturated carbocycles. The van der Waals surface area contributed by atoms with Crippen molar-refractivity contribution in [2.24, 2.45) is 0 Å². The summed E-state index contributed by atoms with van der Waals surface area (Å²) in [5.74, 6) is -0.351. The molecule has 0 fully saturated rings. The Morgan fingerprint density at radius 2 is 1.78 bits per heavy atom. The SMILES string of the molecule is CCN(CC)CCCN1C(=O)c2oc3c(ccc4ccccc43)c(=O)c2C1c1cccc([N+](=O)[O-])c1. The van der Waals surface area contributed by atoms with Gasteiger partial charge in [0.25, 0.3) is 11.6 Å². The van der Waals surface area contributed by atoms with Crippen molar-refractivity contribution in [1.82, 2.24) is 9.80 Å². The van der Waals surface area contributed by atoms with Crippen molar-refractivity contribution in [2.45, 2.75) is 26.3 Å². The van der Waals surface area contributed by atoms with Crippen LogP contribution in [0, 0.1) is 10.1 Å². The molecule has 1 aromatic heterocycles. The molecular weight excluding hydrogens is 458 g/mol. The van der Waals surface area contributed by atoms with Crippen LogP contribution in [-0.4, -0.2) is 46.8 Å². The third-order valence-electron chi connectivity index (χ3n) is 7.02. The van der Waals surface area contributed by atoms with E-state index in [1.807, 2.05) is 30.3 Å². The first-order valence-electron chi connectivity index (χ1n) is 12.2. The second-order valence-corrected chi connectivity index (χ2v) is 8.97. The quantitative estimate of drug-likeness (QED) is 0.195. The van der Waals surface area contributed by atoms with Crippen LogP contribution in [0.15, 0.2) is 69.9 Å². The van der Waals surface area contributed by atoms with Crippen molar-refractivity contribution in [3.05, 3.63) is 97.9 Å². The molecule has 8 nitrogen and oxygen atoms in total. The van der Waals surface area contributed by atoms with E-state index in [1.165, 1.54) is 12.1 Å². The Bertz CT molecular complexity index is 1540. The molecule has 8 heteroatoms. The van der Waals surface area contributed by atoms with Gasteiger partial charge in [0.15, 0.2) is 5.43 Å². The minimum atomic E-state index is -0.753. The maximum Gasteiger partial charge on any atom is 0.290 e. The van der Waals surface area contributed by atoms with Gasteiger partial charge in [-0.05, 0) is 43.1 Å². The molecule has 0 aliphatic carbocycles. The summed E-state index contributed by atoms with van der Waals surface area (Å²) in [6.07, 6.45) is 0.698. The van der Waals surface area contributed by atoms with Crippen LogP contribution in [0.25, 0.3) is 21.7 Å². The first-order chi connectivity index (χ1) is 17.4. The summed E-state index contributed by atoms with van der Waals surface area (Å²) >= 11 is 0. The lowest BCUT2D eigenvalue weighted by Gasteiger charge is -2.26. The van der Waals surface area contributed by atoms with E-state index in [9.17, 15) is 19.7 Å². The van der Waals surface area contributed by atoms with Crippen molar-refractivity contribution in [3.63, 3.8) is 0 Å². The fraction of sp³-hybridized carbons (Fsp3) is 0.286. The predicted molar refractivity (Wildman–Crippen MR) is 138 cm³/mol. The maximum absolute atomic E-state index is 13.9. The highest BCUT2D eigenvalue weighted by molar-refractivity contribution is 6.06. The monoisotopic (exact) mass is 485 g/mol. The summed E-state index contributed by atoms with van der Waals surface area (Å²) in [5, 5.41) is 13.5. The number of hydrogen-bond donors (Lipinski definition) is 0. The number of hydrogen-bond acceptors (Lipinski definition) is 6. The van der Waals surface area contributed by atoms with Crippen LogP contribution in [-0.2, 0) is 0 Å². The molecule has 1 aliphatic heterocycles. The number of rotatable bonds is 8. The van der Waals surface area contributed by atoms with Crippen molar-refractivity contribution >= 4 is 33.3 Å². The number of benzene rings is 3. The number of fused-ring (bicyclic) bond motifs is 4. The summed E-state index contributed by atoms with van der Waals surface area (Å²) < 4.78 is 6.20. The third kappa shape index (κ3) is 3.93. The molecule has 1 amide bonds. The van der Waals surface area contributed by atoms with E-state index in [0.29, 0.717) is 29.5 Å². The van der Waals surface area contributed by atoms with Gasteiger partial charge in [0.2, 0.25) is 5.76 Å². The number of nitro benzene ring substituents is 1. The molecule has 0 N–H and O–H groups in total. The lowest BCUT2D eigenvalue weighted by Crippen LogP contribution is -2.33. The summed E-state index contributed by atoms with van der Waals surface area (Å²) in [6.45, 7) is 7.16. The molecule has 36 heavy (non-hydrogen) atoms. The van der Waals surface area contributed by atoms with E-state index in [1.54, 1.807) is 23.1 Å². The Morgan fingerprint density at radius 1 is 1.00 bits per heavy atom. The van der Waals surface area contributed by atoms with Gasteiger partial charge in [0.1, 0.15) is 5.58 Å². The first-order valence-corrected chi connectivity index (χ1v) is 12.2. The van der Waals surface area contributed by atoms with E-state index in [-0.39, 0.29) is 28.3 Å². The van der Waals surface area contributed by atoms with Gasteiger partial charge in [-0.15, -0.1) is 0 Å². The predicted octanol–water partition coefficient (Wildman–Crippen LogP) is 5.13. The summed E-state index contributed by atoms with van der Waals surface area (Å²) in [5.41, 5.74) is 0.770. The van der Waals surface area contributed by atoms with Crippen LogP contribution >= 0.6 is 0 Å². The van der Waals surface area contributed by atoms with Gasteiger partial charge in [-0.25, -0.2) is 0 Å². The van der Waals surface area contributed by atoms with Crippen molar-refractivity contribution in [2.75, 3.05) is 26.2 Å². The summed E-state index contributed by atoms with van der Waals surface area (Å²) in [7, 11) is 0.